The minimum atomic E-state index is 0.828. The van der Waals surface area contributed by atoms with E-state index in [1.54, 1.807) is 0 Å². The predicted molar refractivity (Wildman–Crippen MR) is 53.2 cm³/mol. The maximum atomic E-state index is 3.86. The Labute approximate surface area is 84.4 Å². The van der Waals surface area contributed by atoms with Crippen molar-refractivity contribution in [3.63, 3.8) is 0 Å². The first-order chi connectivity index (χ1) is 5.27. The fourth-order valence-electron chi connectivity index (χ4n) is 3.67. The van der Waals surface area contributed by atoms with Gasteiger partial charge < -0.3 is 0 Å². The quantitative estimate of drug-likeness (QED) is 0.598. The zero-order chi connectivity index (χ0) is 7.59. The Balaban J connectivity index is 1.99. The SMILES string of the molecule is Br[C@@H]1[C@H]2C[C@H]3C[C@@H](Br)[C@@H]1[C@H]3C2. The molecule has 3 aliphatic carbocycles. The Kier molecular flexibility index (Phi) is 1.51. The maximum Gasteiger partial charge on any atom is 0.0215 e. The van der Waals surface area contributed by atoms with Crippen molar-refractivity contribution in [1.82, 2.24) is 0 Å². The predicted octanol–water partition coefficient (Wildman–Crippen LogP) is 3.19. The van der Waals surface area contributed by atoms with Gasteiger partial charge in [-0.15, -0.1) is 0 Å². The summed E-state index contributed by atoms with van der Waals surface area (Å²) >= 11 is 7.68. The third kappa shape index (κ3) is 0.810. The van der Waals surface area contributed by atoms with Crippen LogP contribution in [0.4, 0.5) is 0 Å². The molecule has 3 fully saturated rings. The number of alkyl halides is 2. The minimum Gasteiger partial charge on any atom is -0.0887 e. The molecule has 3 aliphatic rings. The molecule has 11 heavy (non-hydrogen) atoms. The van der Waals surface area contributed by atoms with E-state index >= 15 is 0 Å². The molecule has 0 aromatic carbocycles. The Bertz CT molecular complexity index is 186. The lowest BCUT2D eigenvalue weighted by atomic mass is 9.89. The summed E-state index contributed by atoms with van der Waals surface area (Å²) in [5, 5.41) is 0. The molecule has 6 atom stereocenters. The van der Waals surface area contributed by atoms with E-state index in [0.29, 0.717) is 0 Å². The molecule has 0 unspecified atom stereocenters. The molecule has 2 bridgehead atoms. The first-order valence-electron chi connectivity index (χ1n) is 4.55. The number of rotatable bonds is 0. The third-order valence-electron chi connectivity index (χ3n) is 4.04. The third-order valence-corrected chi connectivity index (χ3v) is 6.39. The van der Waals surface area contributed by atoms with Crippen LogP contribution >= 0.6 is 31.9 Å². The van der Waals surface area contributed by atoms with E-state index in [0.717, 1.165) is 33.3 Å². The lowest BCUT2D eigenvalue weighted by Gasteiger charge is -2.24. The molecule has 2 heteroatoms. The van der Waals surface area contributed by atoms with Crippen LogP contribution in [0, 0.1) is 23.7 Å². The second-order valence-electron chi connectivity index (χ2n) is 4.43. The molecule has 0 amide bonds. The van der Waals surface area contributed by atoms with Crippen LogP contribution < -0.4 is 0 Å². The molecule has 0 radical (unpaired) electrons. The lowest BCUT2D eigenvalue weighted by Crippen LogP contribution is -2.24. The van der Waals surface area contributed by atoms with E-state index in [1.165, 1.54) is 19.3 Å². The molecule has 0 N–H and O–H groups in total. The van der Waals surface area contributed by atoms with Crippen molar-refractivity contribution in [2.45, 2.75) is 28.9 Å². The summed E-state index contributed by atoms with van der Waals surface area (Å²) in [6.07, 6.45) is 4.49. The highest BCUT2D eigenvalue weighted by molar-refractivity contribution is 9.10. The number of halogens is 2. The van der Waals surface area contributed by atoms with Gasteiger partial charge in [-0.3, -0.25) is 0 Å². The molecule has 3 rings (SSSR count). The topological polar surface area (TPSA) is 0 Å². The molecular weight excluding hydrogens is 268 g/mol. The highest BCUT2D eigenvalue weighted by Crippen LogP contribution is 2.63. The summed E-state index contributed by atoms with van der Waals surface area (Å²) in [6.45, 7) is 0. The molecule has 3 saturated carbocycles. The van der Waals surface area contributed by atoms with Gasteiger partial charge in [0, 0.05) is 9.65 Å². The second-order valence-corrected chi connectivity index (χ2v) is 6.66. The Morgan fingerprint density at radius 2 is 1.73 bits per heavy atom. The van der Waals surface area contributed by atoms with Gasteiger partial charge in [0.25, 0.3) is 0 Å². The number of hydrogen-bond donors (Lipinski definition) is 0. The van der Waals surface area contributed by atoms with E-state index in [2.05, 4.69) is 31.9 Å². The fraction of sp³-hybridized carbons (Fsp3) is 1.00. The van der Waals surface area contributed by atoms with Crippen LogP contribution in [0.2, 0.25) is 0 Å². The van der Waals surface area contributed by atoms with Gasteiger partial charge in [-0.2, -0.15) is 0 Å². The molecule has 0 spiro atoms. The van der Waals surface area contributed by atoms with Crippen molar-refractivity contribution in [3.05, 3.63) is 0 Å². The molecular formula is C9H12Br2. The van der Waals surface area contributed by atoms with Gasteiger partial charge in [0.15, 0.2) is 0 Å². The highest BCUT2D eigenvalue weighted by atomic mass is 79.9. The fourth-order valence-corrected chi connectivity index (χ4v) is 6.47. The second kappa shape index (κ2) is 2.25. The van der Waals surface area contributed by atoms with Gasteiger partial charge in [-0.1, -0.05) is 31.9 Å². The first kappa shape index (κ1) is 7.37. The summed E-state index contributed by atoms with van der Waals surface area (Å²) < 4.78 is 0. The molecule has 0 heterocycles. The van der Waals surface area contributed by atoms with Crippen LogP contribution in [0.25, 0.3) is 0 Å². The van der Waals surface area contributed by atoms with Crippen LogP contribution in [0.15, 0.2) is 0 Å². The number of hydrogen-bond acceptors (Lipinski definition) is 0. The maximum absolute atomic E-state index is 3.86. The smallest absolute Gasteiger partial charge is 0.0215 e. The average molecular weight is 280 g/mol. The Morgan fingerprint density at radius 3 is 2.36 bits per heavy atom. The van der Waals surface area contributed by atoms with E-state index in [4.69, 9.17) is 0 Å². The van der Waals surface area contributed by atoms with Crippen LogP contribution in [-0.4, -0.2) is 9.65 Å². The summed E-state index contributed by atoms with van der Waals surface area (Å²) in [5.74, 6) is 4.16. The first-order valence-corrected chi connectivity index (χ1v) is 6.38. The Morgan fingerprint density at radius 1 is 0.909 bits per heavy atom. The molecule has 0 aromatic rings. The van der Waals surface area contributed by atoms with Gasteiger partial charge in [0.1, 0.15) is 0 Å². The van der Waals surface area contributed by atoms with Crippen molar-refractivity contribution < 1.29 is 0 Å². The van der Waals surface area contributed by atoms with E-state index in [-0.39, 0.29) is 0 Å². The zero-order valence-corrected chi connectivity index (χ0v) is 9.51. The normalized spacial score (nSPS) is 66.0. The summed E-state index contributed by atoms with van der Waals surface area (Å²) in [6, 6.07) is 0. The monoisotopic (exact) mass is 278 g/mol. The van der Waals surface area contributed by atoms with E-state index in [1.807, 2.05) is 0 Å². The summed E-state index contributed by atoms with van der Waals surface area (Å²) in [4.78, 5) is 1.67. The Hall–Kier alpha value is 0.960. The molecule has 0 aromatic heterocycles. The van der Waals surface area contributed by atoms with Crippen LogP contribution in [0.3, 0.4) is 0 Å². The largest absolute Gasteiger partial charge is 0.0887 e. The standard InChI is InChI=1S/C9H12Br2/c10-7-3-4-1-5-2-6(4)8(7)9(5)11/h4-9H,1-3H2/t4-,5-,6-,7+,8-,9+/m0/s1. The lowest BCUT2D eigenvalue weighted by molar-refractivity contribution is 0.345. The van der Waals surface area contributed by atoms with Gasteiger partial charge in [-0.25, -0.2) is 0 Å². The van der Waals surface area contributed by atoms with Crippen molar-refractivity contribution >= 4 is 31.9 Å². The van der Waals surface area contributed by atoms with Crippen molar-refractivity contribution in [2.24, 2.45) is 23.7 Å². The molecule has 0 aliphatic heterocycles. The molecule has 0 nitrogen and oxygen atoms in total. The highest BCUT2D eigenvalue weighted by Gasteiger charge is 2.58. The van der Waals surface area contributed by atoms with E-state index in [9.17, 15) is 0 Å². The number of fused-ring (bicyclic) bond motifs is 1. The van der Waals surface area contributed by atoms with Gasteiger partial charge in [0.05, 0.1) is 0 Å². The van der Waals surface area contributed by atoms with Crippen molar-refractivity contribution in [1.29, 1.82) is 0 Å². The van der Waals surface area contributed by atoms with Gasteiger partial charge in [-0.05, 0) is 42.9 Å². The van der Waals surface area contributed by atoms with Crippen molar-refractivity contribution in [3.8, 4) is 0 Å². The van der Waals surface area contributed by atoms with Crippen LogP contribution in [-0.2, 0) is 0 Å². The summed E-state index contributed by atoms with van der Waals surface area (Å²) in [5.41, 5.74) is 0. The van der Waals surface area contributed by atoms with Crippen molar-refractivity contribution in [2.75, 3.05) is 0 Å². The van der Waals surface area contributed by atoms with Crippen LogP contribution in [0.5, 0.6) is 0 Å². The van der Waals surface area contributed by atoms with Gasteiger partial charge in [0.2, 0.25) is 0 Å². The minimum absolute atomic E-state index is 0.828. The zero-order valence-electron chi connectivity index (χ0n) is 6.34. The van der Waals surface area contributed by atoms with E-state index < -0.39 is 0 Å². The van der Waals surface area contributed by atoms with Gasteiger partial charge >= 0.3 is 0 Å². The average Bonchev–Trinajstić information content (AvgIpc) is 2.47. The summed E-state index contributed by atoms with van der Waals surface area (Å²) in [7, 11) is 0. The van der Waals surface area contributed by atoms with Crippen LogP contribution in [0.1, 0.15) is 19.3 Å². The molecule has 0 saturated heterocycles. The molecule has 62 valence electrons.